The van der Waals surface area contributed by atoms with Crippen molar-refractivity contribution in [3.63, 3.8) is 0 Å². The molecule has 0 aliphatic carbocycles. The highest BCUT2D eigenvalue weighted by molar-refractivity contribution is 5.86. The van der Waals surface area contributed by atoms with Gasteiger partial charge in [0.1, 0.15) is 5.69 Å². The summed E-state index contributed by atoms with van der Waals surface area (Å²) in [5.41, 5.74) is 8.19. The van der Waals surface area contributed by atoms with Gasteiger partial charge in [-0.25, -0.2) is 4.79 Å². The van der Waals surface area contributed by atoms with Crippen LogP contribution in [0.1, 0.15) is 43.6 Å². The molecule has 0 saturated carbocycles. The minimum absolute atomic E-state index is 0.0289. The Morgan fingerprint density at radius 1 is 1.18 bits per heavy atom. The zero-order valence-electron chi connectivity index (χ0n) is 17.0. The number of nitro benzene ring substituents is 1. The Balaban J connectivity index is 2.86. The maximum atomic E-state index is 12.6. The zero-order chi connectivity index (χ0) is 21.2. The number of aryl methyl sites for hydroxylation is 1. The molecule has 150 valence electrons. The number of hydrogen-bond donors (Lipinski definition) is 1. The van der Waals surface area contributed by atoms with Crippen LogP contribution in [0, 0.1) is 24.0 Å². The molecule has 28 heavy (non-hydrogen) atoms. The molecule has 0 radical (unpaired) electrons. The van der Waals surface area contributed by atoms with E-state index in [0.29, 0.717) is 11.1 Å². The highest BCUT2D eigenvalue weighted by Gasteiger charge is 2.35. The van der Waals surface area contributed by atoms with E-state index in [9.17, 15) is 14.9 Å². The number of hydrogen-bond acceptors (Lipinski definition) is 6. The van der Waals surface area contributed by atoms with Gasteiger partial charge in [-0.05, 0) is 51.8 Å². The largest absolute Gasteiger partial charge is 0.467 e. The zero-order valence-corrected chi connectivity index (χ0v) is 17.0. The molecule has 2 aromatic rings. The van der Waals surface area contributed by atoms with Gasteiger partial charge in [-0.1, -0.05) is 29.8 Å². The van der Waals surface area contributed by atoms with E-state index in [2.05, 4.69) is 0 Å². The van der Waals surface area contributed by atoms with Gasteiger partial charge in [0.15, 0.2) is 6.10 Å². The summed E-state index contributed by atoms with van der Waals surface area (Å²) in [7, 11) is 1.26. The molecule has 0 saturated heterocycles. The Labute approximate surface area is 164 Å². The number of benzene rings is 2. The van der Waals surface area contributed by atoms with Gasteiger partial charge in [-0.15, -0.1) is 0 Å². The van der Waals surface area contributed by atoms with Gasteiger partial charge in [0, 0.05) is 11.1 Å². The van der Waals surface area contributed by atoms with E-state index < -0.39 is 22.6 Å². The predicted octanol–water partition coefficient (Wildman–Crippen LogP) is 4.49. The fourth-order valence-electron chi connectivity index (χ4n) is 3.09. The van der Waals surface area contributed by atoms with Gasteiger partial charge in [0.2, 0.25) is 0 Å². The van der Waals surface area contributed by atoms with Crippen molar-refractivity contribution in [3.8, 4) is 11.1 Å². The standard InChI is InChI=1S/C21H26N2O5/c1-12-7-9-14(10-8-12)15-11-16(22)18(23(25)26)13(2)17(15)19(20(24)27-6)28-21(3,4)5/h7-11,19H,22H2,1-6H3. The minimum atomic E-state index is -1.14. The van der Waals surface area contributed by atoms with Crippen molar-refractivity contribution in [1.29, 1.82) is 0 Å². The number of carbonyl (C=O) groups excluding carboxylic acids is 1. The van der Waals surface area contributed by atoms with Crippen LogP contribution < -0.4 is 5.73 Å². The van der Waals surface area contributed by atoms with Crippen LogP contribution in [0.3, 0.4) is 0 Å². The van der Waals surface area contributed by atoms with Crippen LogP contribution in [0.15, 0.2) is 30.3 Å². The lowest BCUT2D eigenvalue weighted by Crippen LogP contribution is -2.29. The average Bonchev–Trinajstić information content (AvgIpc) is 2.58. The summed E-state index contributed by atoms with van der Waals surface area (Å²) in [6, 6.07) is 9.12. The van der Waals surface area contributed by atoms with E-state index in [1.807, 2.05) is 31.2 Å². The van der Waals surface area contributed by atoms with Crippen molar-refractivity contribution in [3.05, 3.63) is 57.1 Å². The Bertz CT molecular complexity index is 898. The third-order valence-corrected chi connectivity index (χ3v) is 4.32. The van der Waals surface area contributed by atoms with Crippen LogP contribution in [0.5, 0.6) is 0 Å². The van der Waals surface area contributed by atoms with E-state index in [1.54, 1.807) is 27.7 Å². The molecule has 0 spiro atoms. The van der Waals surface area contributed by atoms with Crippen molar-refractivity contribution >= 4 is 17.3 Å². The molecule has 0 fully saturated rings. The second kappa shape index (κ2) is 7.98. The van der Waals surface area contributed by atoms with Crippen molar-refractivity contribution in [2.75, 3.05) is 12.8 Å². The van der Waals surface area contributed by atoms with Crippen LogP contribution in [-0.2, 0) is 14.3 Å². The van der Waals surface area contributed by atoms with Crippen LogP contribution in [-0.4, -0.2) is 23.6 Å². The summed E-state index contributed by atoms with van der Waals surface area (Å²) in [4.78, 5) is 23.7. The van der Waals surface area contributed by atoms with Gasteiger partial charge in [-0.2, -0.15) is 0 Å². The third-order valence-electron chi connectivity index (χ3n) is 4.32. The molecule has 2 N–H and O–H groups in total. The molecule has 0 aliphatic heterocycles. The molecule has 0 amide bonds. The van der Waals surface area contributed by atoms with Gasteiger partial charge in [0.25, 0.3) is 5.69 Å². The summed E-state index contributed by atoms with van der Waals surface area (Å²) in [6.07, 6.45) is -1.14. The fourth-order valence-corrected chi connectivity index (χ4v) is 3.09. The SMILES string of the molecule is COC(=O)C(OC(C)(C)C)c1c(-c2ccc(C)cc2)cc(N)c([N+](=O)[O-])c1C. The molecule has 7 nitrogen and oxygen atoms in total. The lowest BCUT2D eigenvalue weighted by Gasteiger charge is -2.28. The van der Waals surface area contributed by atoms with Gasteiger partial charge < -0.3 is 15.2 Å². The van der Waals surface area contributed by atoms with Gasteiger partial charge in [-0.3, -0.25) is 10.1 Å². The quantitative estimate of drug-likeness (QED) is 0.351. The topological polar surface area (TPSA) is 105 Å². The summed E-state index contributed by atoms with van der Waals surface area (Å²) >= 11 is 0. The van der Waals surface area contributed by atoms with Crippen molar-refractivity contribution in [2.24, 2.45) is 0 Å². The van der Waals surface area contributed by atoms with E-state index in [4.69, 9.17) is 15.2 Å². The monoisotopic (exact) mass is 386 g/mol. The number of nitro groups is 1. The number of esters is 1. The number of carbonyl (C=O) groups is 1. The molecule has 1 unspecified atom stereocenters. The fraction of sp³-hybridized carbons (Fsp3) is 0.381. The molecule has 0 aliphatic rings. The molecule has 0 aromatic heterocycles. The maximum Gasteiger partial charge on any atom is 0.339 e. The molecule has 1 atom stereocenters. The third kappa shape index (κ3) is 4.48. The summed E-state index contributed by atoms with van der Waals surface area (Å²) in [6.45, 7) is 8.93. The molecule has 2 rings (SSSR count). The Morgan fingerprint density at radius 2 is 1.75 bits per heavy atom. The number of rotatable bonds is 5. The van der Waals surface area contributed by atoms with Crippen LogP contribution in [0.4, 0.5) is 11.4 Å². The second-order valence-electron chi connectivity index (χ2n) is 7.66. The van der Waals surface area contributed by atoms with Crippen LogP contribution >= 0.6 is 0 Å². The van der Waals surface area contributed by atoms with Crippen molar-refractivity contribution < 1.29 is 19.2 Å². The normalized spacial score (nSPS) is 12.5. The van der Waals surface area contributed by atoms with Crippen molar-refractivity contribution in [1.82, 2.24) is 0 Å². The highest BCUT2D eigenvalue weighted by Crippen LogP contribution is 2.42. The molecule has 2 aromatic carbocycles. The number of nitrogens with zero attached hydrogens (tertiary/aromatic N) is 1. The van der Waals surface area contributed by atoms with Crippen LogP contribution in [0.25, 0.3) is 11.1 Å². The van der Waals surface area contributed by atoms with Gasteiger partial charge >= 0.3 is 5.97 Å². The van der Waals surface area contributed by atoms with E-state index in [0.717, 1.165) is 11.1 Å². The molecule has 0 heterocycles. The lowest BCUT2D eigenvalue weighted by atomic mass is 9.89. The molecular weight excluding hydrogens is 360 g/mol. The summed E-state index contributed by atoms with van der Waals surface area (Å²) in [5.74, 6) is -0.634. The van der Waals surface area contributed by atoms with E-state index >= 15 is 0 Å². The first-order valence-electron chi connectivity index (χ1n) is 8.86. The number of methoxy groups -OCH3 is 1. The Kier molecular flexibility index (Phi) is 6.09. The highest BCUT2D eigenvalue weighted by atomic mass is 16.6. The molecule has 0 bridgehead atoms. The lowest BCUT2D eigenvalue weighted by molar-refractivity contribution is -0.384. The van der Waals surface area contributed by atoms with Gasteiger partial charge in [0.05, 0.1) is 17.6 Å². The van der Waals surface area contributed by atoms with E-state index in [1.165, 1.54) is 13.2 Å². The first kappa shape index (κ1) is 21.4. The smallest absolute Gasteiger partial charge is 0.339 e. The molecular formula is C21H26N2O5. The molecule has 7 heteroatoms. The summed E-state index contributed by atoms with van der Waals surface area (Å²) < 4.78 is 10.9. The maximum absolute atomic E-state index is 12.6. The average molecular weight is 386 g/mol. The minimum Gasteiger partial charge on any atom is -0.467 e. The van der Waals surface area contributed by atoms with Crippen LogP contribution in [0.2, 0.25) is 0 Å². The second-order valence-corrected chi connectivity index (χ2v) is 7.66. The van der Waals surface area contributed by atoms with Crippen molar-refractivity contribution in [2.45, 2.75) is 46.3 Å². The predicted molar refractivity (Wildman–Crippen MR) is 108 cm³/mol. The van der Waals surface area contributed by atoms with E-state index in [-0.39, 0.29) is 16.9 Å². The number of anilines is 1. The number of nitrogen functional groups attached to an aromatic ring is 1. The summed E-state index contributed by atoms with van der Waals surface area (Å²) in [5, 5.41) is 11.6. The Morgan fingerprint density at radius 3 is 2.21 bits per heavy atom. The number of nitrogens with two attached hydrogens (primary N) is 1. The Hall–Kier alpha value is -2.93. The first-order valence-corrected chi connectivity index (χ1v) is 8.86. The first-order chi connectivity index (χ1) is 13.0. The number of ether oxygens (including phenoxy) is 2.